The van der Waals surface area contributed by atoms with E-state index in [1.807, 2.05) is 0 Å². The fourth-order valence-electron chi connectivity index (χ4n) is 1.93. The Labute approximate surface area is 112 Å². The molecular weight excluding hydrogens is 269 g/mol. The second-order valence-corrected chi connectivity index (χ2v) is 4.24. The summed E-state index contributed by atoms with van der Waals surface area (Å²) >= 11 is 0. The average Bonchev–Trinajstić information content (AvgIpc) is 2.84. The number of para-hydroxylation sites is 1. The Bertz CT molecular complexity index is 770. The Morgan fingerprint density at radius 2 is 1.90 bits per heavy atom. The van der Waals surface area contributed by atoms with Gasteiger partial charge in [0.1, 0.15) is 5.82 Å². The number of hydrogen-bond donors (Lipinski definition) is 1. The predicted octanol–water partition coefficient (Wildman–Crippen LogP) is 3.86. The van der Waals surface area contributed by atoms with Gasteiger partial charge in [0.15, 0.2) is 23.0 Å². The van der Waals surface area contributed by atoms with Gasteiger partial charge in [0.05, 0.1) is 5.39 Å². The highest BCUT2D eigenvalue weighted by Crippen LogP contribution is 2.23. The van der Waals surface area contributed by atoms with Crippen LogP contribution < -0.4 is 5.32 Å². The van der Waals surface area contributed by atoms with E-state index in [-0.39, 0.29) is 12.1 Å². The van der Waals surface area contributed by atoms with Crippen LogP contribution in [0.5, 0.6) is 0 Å². The molecule has 0 amide bonds. The van der Waals surface area contributed by atoms with E-state index in [0.717, 1.165) is 6.07 Å². The molecule has 0 atom stereocenters. The molecule has 1 N–H and O–H groups in total. The van der Waals surface area contributed by atoms with Crippen LogP contribution in [0.2, 0.25) is 0 Å². The first-order valence-corrected chi connectivity index (χ1v) is 5.87. The molecule has 0 radical (unpaired) electrons. The monoisotopic (exact) mass is 278 g/mol. The molecule has 6 heteroatoms. The lowest BCUT2D eigenvalue weighted by Gasteiger charge is -2.05. The van der Waals surface area contributed by atoms with E-state index in [0.29, 0.717) is 22.9 Å². The van der Waals surface area contributed by atoms with Gasteiger partial charge >= 0.3 is 0 Å². The Hall–Kier alpha value is -2.50. The highest BCUT2D eigenvalue weighted by molar-refractivity contribution is 5.87. The second kappa shape index (κ2) is 4.88. The largest absolute Gasteiger partial charge is 0.363 e. The predicted molar refractivity (Wildman–Crippen MR) is 67.7 cm³/mol. The molecule has 1 heterocycles. The summed E-state index contributed by atoms with van der Waals surface area (Å²) in [6.07, 6.45) is 0. The van der Waals surface area contributed by atoms with Crippen molar-refractivity contribution in [1.29, 1.82) is 0 Å². The van der Waals surface area contributed by atoms with Crippen molar-refractivity contribution < 1.29 is 17.7 Å². The van der Waals surface area contributed by atoms with Gasteiger partial charge < -0.3 is 9.84 Å². The number of aromatic nitrogens is 1. The van der Waals surface area contributed by atoms with Gasteiger partial charge in [0.25, 0.3) is 0 Å². The zero-order valence-corrected chi connectivity index (χ0v) is 10.2. The molecule has 3 rings (SSSR count). The molecule has 3 nitrogen and oxygen atoms in total. The third-order valence-corrected chi connectivity index (χ3v) is 2.89. The van der Waals surface area contributed by atoms with E-state index in [1.54, 1.807) is 24.3 Å². The molecule has 2 aromatic carbocycles. The first-order chi connectivity index (χ1) is 9.65. The van der Waals surface area contributed by atoms with Gasteiger partial charge in [-0.2, -0.15) is 0 Å². The molecule has 102 valence electrons. The third kappa shape index (κ3) is 2.20. The number of fused-ring (bicyclic) bond motifs is 1. The maximum atomic E-state index is 13.5. The van der Waals surface area contributed by atoms with Gasteiger partial charge in [-0.3, -0.25) is 0 Å². The zero-order valence-electron chi connectivity index (χ0n) is 10.2. The lowest BCUT2D eigenvalue weighted by Crippen LogP contribution is -2.04. The van der Waals surface area contributed by atoms with Crippen molar-refractivity contribution in [3.8, 4) is 0 Å². The van der Waals surface area contributed by atoms with Crippen LogP contribution in [-0.2, 0) is 6.54 Å². The summed E-state index contributed by atoms with van der Waals surface area (Å²) in [4.78, 5) is 0. The summed E-state index contributed by atoms with van der Waals surface area (Å²) in [7, 11) is 0. The first kappa shape index (κ1) is 12.5. The highest BCUT2D eigenvalue weighted by Gasteiger charge is 2.12. The molecule has 3 aromatic rings. The maximum absolute atomic E-state index is 13.5. The summed E-state index contributed by atoms with van der Waals surface area (Å²) in [6.45, 7) is -0.100. The molecule has 0 unspecified atom stereocenters. The van der Waals surface area contributed by atoms with Crippen LogP contribution in [0.1, 0.15) is 5.56 Å². The molecule has 0 bridgehead atoms. The molecule has 0 aliphatic rings. The van der Waals surface area contributed by atoms with Crippen LogP contribution in [0.4, 0.5) is 19.0 Å². The van der Waals surface area contributed by atoms with Gasteiger partial charge in [0, 0.05) is 18.2 Å². The summed E-state index contributed by atoms with van der Waals surface area (Å²) in [5.41, 5.74) is 0.454. The Kier molecular flexibility index (Phi) is 3.06. The maximum Gasteiger partial charge on any atom is 0.177 e. The van der Waals surface area contributed by atoms with Gasteiger partial charge in [-0.1, -0.05) is 17.3 Å². The Morgan fingerprint density at radius 3 is 2.75 bits per heavy atom. The molecule has 0 aliphatic heterocycles. The molecule has 1 aromatic heterocycles. The molecular formula is C14H9F3N2O. The number of halogens is 3. The smallest absolute Gasteiger partial charge is 0.177 e. The minimum atomic E-state index is -1.22. The molecule has 20 heavy (non-hydrogen) atoms. The molecule has 0 spiro atoms. The summed E-state index contributed by atoms with van der Waals surface area (Å²) in [6, 6.07) is 8.54. The fourth-order valence-corrected chi connectivity index (χ4v) is 1.93. The highest BCUT2D eigenvalue weighted by atomic mass is 19.2. The number of nitrogens with one attached hydrogen (secondary N) is 1. The first-order valence-electron chi connectivity index (χ1n) is 5.87. The van der Waals surface area contributed by atoms with Crippen molar-refractivity contribution in [1.82, 2.24) is 5.16 Å². The average molecular weight is 278 g/mol. The van der Waals surface area contributed by atoms with Crippen molar-refractivity contribution in [2.24, 2.45) is 0 Å². The second-order valence-electron chi connectivity index (χ2n) is 4.24. The summed E-state index contributed by atoms with van der Waals surface area (Å²) in [5.74, 6) is -2.73. The van der Waals surface area contributed by atoms with Gasteiger partial charge in [-0.15, -0.1) is 0 Å². The van der Waals surface area contributed by atoms with Crippen molar-refractivity contribution >= 4 is 16.8 Å². The zero-order chi connectivity index (χ0) is 14.1. The van der Waals surface area contributed by atoms with Gasteiger partial charge in [-0.05, 0) is 18.2 Å². The van der Waals surface area contributed by atoms with Crippen LogP contribution in [0.15, 0.2) is 40.9 Å². The minimum Gasteiger partial charge on any atom is -0.363 e. The molecule has 0 saturated heterocycles. The van der Waals surface area contributed by atoms with Crippen molar-refractivity contribution in [2.75, 3.05) is 5.32 Å². The molecule has 0 saturated carbocycles. The lowest BCUT2D eigenvalue weighted by atomic mass is 10.2. The number of hydrogen-bond acceptors (Lipinski definition) is 3. The summed E-state index contributed by atoms with van der Waals surface area (Å²) in [5, 5.41) is 7.30. The van der Waals surface area contributed by atoms with Crippen LogP contribution in [0.3, 0.4) is 0 Å². The topological polar surface area (TPSA) is 38.1 Å². The third-order valence-electron chi connectivity index (χ3n) is 2.89. The van der Waals surface area contributed by atoms with Crippen LogP contribution >= 0.6 is 0 Å². The molecule has 0 aliphatic carbocycles. The Balaban J connectivity index is 1.87. The van der Waals surface area contributed by atoms with E-state index in [2.05, 4.69) is 10.5 Å². The minimum absolute atomic E-state index is 0.100. The van der Waals surface area contributed by atoms with E-state index in [4.69, 9.17) is 4.52 Å². The number of rotatable bonds is 3. The number of anilines is 1. The van der Waals surface area contributed by atoms with Crippen molar-refractivity contribution in [2.45, 2.75) is 6.54 Å². The van der Waals surface area contributed by atoms with E-state index >= 15 is 0 Å². The standard InChI is InChI=1S/C14H9F3N2O/c15-9-5-8(13(17)11(16)6-9)7-18-14-10-3-1-2-4-12(10)20-19-14/h1-6H,7H2,(H,18,19). The molecule has 0 fully saturated rings. The number of benzene rings is 2. The quantitative estimate of drug-likeness (QED) is 0.739. The van der Waals surface area contributed by atoms with E-state index in [9.17, 15) is 13.2 Å². The van der Waals surface area contributed by atoms with Crippen LogP contribution in [-0.4, -0.2) is 5.16 Å². The van der Waals surface area contributed by atoms with Crippen molar-refractivity contribution in [3.05, 3.63) is 59.4 Å². The fraction of sp³-hybridized carbons (Fsp3) is 0.0714. The van der Waals surface area contributed by atoms with Crippen LogP contribution in [0.25, 0.3) is 11.0 Å². The SMILES string of the molecule is Fc1cc(F)c(F)c(CNc2noc3ccccc23)c1. The van der Waals surface area contributed by atoms with Crippen molar-refractivity contribution in [3.63, 3.8) is 0 Å². The Morgan fingerprint density at radius 1 is 1.10 bits per heavy atom. The van der Waals surface area contributed by atoms with Gasteiger partial charge in [-0.25, -0.2) is 13.2 Å². The van der Waals surface area contributed by atoms with Gasteiger partial charge in [0.2, 0.25) is 0 Å². The lowest BCUT2D eigenvalue weighted by molar-refractivity contribution is 0.458. The number of nitrogens with zero attached hydrogens (tertiary/aromatic N) is 1. The van der Waals surface area contributed by atoms with E-state index < -0.39 is 17.5 Å². The summed E-state index contributed by atoms with van der Waals surface area (Å²) < 4.78 is 44.7. The normalized spacial score (nSPS) is 10.9. The van der Waals surface area contributed by atoms with Crippen LogP contribution in [0, 0.1) is 17.5 Å². The van der Waals surface area contributed by atoms with E-state index in [1.165, 1.54) is 0 Å².